The van der Waals surface area contributed by atoms with Crippen LogP contribution in [0.2, 0.25) is 0 Å². The number of amides is 1. The number of rotatable bonds is 8. The second-order valence-electron chi connectivity index (χ2n) is 4.66. The highest BCUT2D eigenvalue weighted by Gasteiger charge is 2.13. The van der Waals surface area contributed by atoms with Crippen molar-refractivity contribution in [1.29, 1.82) is 0 Å². The third-order valence-electron chi connectivity index (χ3n) is 2.90. The van der Waals surface area contributed by atoms with Crippen molar-refractivity contribution in [3.8, 4) is 5.75 Å². The van der Waals surface area contributed by atoms with Gasteiger partial charge >= 0.3 is 12.6 Å². The van der Waals surface area contributed by atoms with Crippen LogP contribution in [0.1, 0.15) is 11.3 Å². The Kier molecular flexibility index (Phi) is 6.68. The van der Waals surface area contributed by atoms with E-state index in [9.17, 15) is 18.4 Å². The average Bonchev–Trinajstić information content (AvgIpc) is 3.06. The smallest absolute Gasteiger partial charge is 0.387 e. The standard InChI is InChI=1S/C16H15F2NO4S/c17-16(18)23-13-6-2-1-5-12(13)19-14(20)10-22-15(21)8-7-11-4-3-9-24-11/h1-6,9,16H,7-8,10H2,(H,19,20). The molecule has 0 aliphatic carbocycles. The van der Waals surface area contributed by atoms with E-state index in [1.807, 2.05) is 17.5 Å². The molecule has 0 aliphatic rings. The number of benzene rings is 1. The predicted molar refractivity (Wildman–Crippen MR) is 85.3 cm³/mol. The van der Waals surface area contributed by atoms with E-state index in [1.54, 1.807) is 6.07 Å². The monoisotopic (exact) mass is 355 g/mol. The van der Waals surface area contributed by atoms with Crippen molar-refractivity contribution < 1.29 is 27.8 Å². The van der Waals surface area contributed by atoms with E-state index in [2.05, 4.69) is 10.1 Å². The van der Waals surface area contributed by atoms with Gasteiger partial charge in [-0.25, -0.2) is 0 Å². The molecule has 1 N–H and O–H groups in total. The number of alkyl halides is 2. The minimum Gasteiger partial charge on any atom is -0.456 e. The van der Waals surface area contributed by atoms with Crippen molar-refractivity contribution in [2.24, 2.45) is 0 Å². The lowest BCUT2D eigenvalue weighted by molar-refractivity contribution is -0.147. The van der Waals surface area contributed by atoms with Crippen LogP contribution >= 0.6 is 11.3 Å². The van der Waals surface area contributed by atoms with Gasteiger partial charge in [0.1, 0.15) is 5.75 Å². The van der Waals surface area contributed by atoms with Gasteiger partial charge in [0.2, 0.25) is 0 Å². The number of carbonyl (C=O) groups is 2. The van der Waals surface area contributed by atoms with Crippen molar-refractivity contribution in [3.05, 3.63) is 46.7 Å². The van der Waals surface area contributed by atoms with Crippen LogP contribution in [0.3, 0.4) is 0 Å². The van der Waals surface area contributed by atoms with E-state index in [0.29, 0.717) is 6.42 Å². The van der Waals surface area contributed by atoms with Crippen LogP contribution in [-0.2, 0) is 20.7 Å². The van der Waals surface area contributed by atoms with Crippen molar-refractivity contribution in [2.75, 3.05) is 11.9 Å². The van der Waals surface area contributed by atoms with Gasteiger partial charge in [-0.15, -0.1) is 11.3 Å². The van der Waals surface area contributed by atoms with Crippen molar-refractivity contribution >= 4 is 28.9 Å². The van der Waals surface area contributed by atoms with Crippen molar-refractivity contribution in [2.45, 2.75) is 19.5 Å². The molecule has 1 aromatic carbocycles. The van der Waals surface area contributed by atoms with Gasteiger partial charge in [-0.3, -0.25) is 9.59 Å². The molecule has 8 heteroatoms. The number of carbonyl (C=O) groups excluding carboxylic acids is 2. The highest BCUT2D eigenvalue weighted by Crippen LogP contribution is 2.25. The highest BCUT2D eigenvalue weighted by atomic mass is 32.1. The van der Waals surface area contributed by atoms with Crippen LogP contribution in [0.5, 0.6) is 5.75 Å². The topological polar surface area (TPSA) is 64.6 Å². The summed E-state index contributed by atoms with van der Waals surface area (Å²) in [5.74, 6) is -1.30. The zero-order valence-electron chi connectivity index (χ0n) is 12.5. The van der Waals surface area contributed by atoms with Gasteiger partial charge in [-0.1, -0.05) is 18.2 Å². The van der Waals surface area contributed by atoms with Crippen LogP contribution in [0.4, 0.5) is 14.5 Å². The fourth-order valence-corrected chi connectivity index (χ4v) is 2.56. The third-order valence-corrected chi connectivity index (χ3v) is 3.83. The molecule has 0 saturated heterocycles. The van der Waals surface area contributed by atoms with E-state index in [1.165, 1.54) is 29.5 Å². The summed E-state index contributed by atoms with van der Waals surface area (Å²) >= 11 is 1.54. The van der Waals surface area contributed by atoms with Crippen molar-refractivity contribution in [1.82, 2.24) is 0 Å². The molecule has 5 nitrogen and oxygen atoms in total. The van der Waals surface area contributed by atoms with E-state index >= 15 is 0 Å². The summed E-state index contributed by atoms with van der Waals surface area (Å²) in [4.78, 5) is 24.4. The molecule has 1 aromatic heterocycles. The van der Waals surface area contributed by atoms with Crippen LogP contribution < -0.4 is 10.1 Å². The van der Waals surface area contributed by atoms with Gasteiger partial charge in [-0.05, 0) is 30.0 Å². The summed E-state index contributed by atoms with van der Waals surface area (Å²) in [6, 6.07) is 9.56. The zero-order valence-corrected chi connectivity index (χ0v) is 13.4. The Morgan fingerprint density at radius 2 is 1.96 bits per heavy atom. The Labute approximate surface area is 141 Å². The summed E-state index contributed by atoms with van der Waals surface area (Å²) in [7, 11) is 0. The molecule has 0 fully saturated rings. The Hall–Kier alpha value is -2.48. The summed E-state index contributed by atoms with van der Waals surface area (Å²) in [6.45, 7) is -3.50. The molecule has 0 radical (unpaired) electrons. The maximum Gasteiger partial charge on any atom is 0.387 e. The molecule has 0 unspecified atom stereocenters. The highest BCUT2D eigenvalue weighted by molar-refractivity contribution is 7.09. The Bertz CT molecular complexity index is 676. The summed E-state index contributed by atoms with van der Waals surface area (Å²) in [5, 5.41) is 4.28. The van der Waals surface area contributed by atoms with E-state index in [4.69, 9.17) is 4.74 Å². The lowest BCUT2D eigenvalue weighted by Gasteiger charge is -2.11. The fraction of sp³-hybridized carbons (Fsp3) is 0.250. The minimum absolute atomic E-state index is 0.0810. The number of hydrogen-bond acceptors (Lipinski definition) is 5. The van der Waals surface area contributed by atoms with E-state index in [-0.39, 0.29) is 17.9 Å². The molecule has 128 valence electrons. The van der Waals surface area contributed by atoms with E-state index < -0.39 is 25.1 Å². The van der Waals surface area contributed by atoms with Gasteiger partial charge < -0.3 is 14.8 Å². The van der Waals surface area contributed by atoms with Gasteiger partial charge in [0.15, 0.2) is 6.61 Å². The fourth-order valence-electron chi connectivity index (χ4n) is 1.85. The maximum absolute atomic E-state index is 12.3. The van der Waals surface area contributed by atoms with Gasteiger partial charge in [0.05, 0.1) is 12.1 Å². The first kappa shape index (κ1) is 17.9. The molecule has 0 spiro atoms. The molecule has 0 saturated carbocycles. The number of hydrogen-bond donors (Lipinski definition) is 1. The number of thiophene rings is 1. The quantitative estimate of drug-likeness (QED) is 0.737. The molecule has 1 heterocycles. The Morgan fingerprint density at radius 3 is 2.67 bits per heavy atom. The number of halogens is 2. The summed E-state index contributed by atoms with van der Waals surface area (Å²) in [6.07, 6.45) is 0.710. The molecule has 0 atom stereocenters. The first-order valence-corrected chi connectivity index (χ1v) is 7.94. The molecular formula is C16H15F2NO4S. The van der Waals surface area contributed by atoms with Crippen LogP contribution in [0.25, 0.3) is 0 Å². The Balaban J connectivity index is 1.78. The lowest BCUT2D eigenvalue weighted by Crippen LogP contribution is -2.21. The number of esters is 1. The minimum atomic E-state index is -3.00. The largest absolute Gasteiger partial charge is 0.456 e. The second kappa shape index (κ2) is 8.97. The zero-order chi connectivity index (χ0) is 17.4. The van der Waals surface area contributed by atoms with E-state index in [0.717, 1.165) is 4.88 Å². The molecule has 1 amide bonds. The third kappa shape index (κ3) is 5.96. The predicted octanol–water partition coefficient (Wildman–Crippen LogP) is 3.46. The molecule has 24 heavy (non-hydrogen) atoms. The maximum atomic E-state index is 12.3. The first-order valence-electron chi connectivity index (χ1n) is 7.06. The van der Waals surface area contributed by atoms with Crippen LogP contribution in [0, 0.1) is 0 Å². The number of aryl methyl sites for hydroxylation is 1. The number of para-hydroxylation sites is 2. The van der Waals surface area contributed by atoms with Crippen LogP contribution in [-0.4, -0.2) is 25.1 Å². The van der Waals surface area contributed by atoms with Crippen LogP contribution in [0.15, 0.2) is 41.8 Å². The molecule has 0 bridgehead atoms. The summed E-state index contributed by atoms with van der Waals surface area (Å²) in [5.41, 5.74) is 0.0810. The van der Waals surface area contributed by atoms with Crippen molar-refractivity contribution in [3.63, 3.8) is 0 Å². The SMILES string of the molecule is O=C(COC(=O)CCc1cccs1)Nc1ccccc1OC(F)F. The average molecular weight is 355 g/mol. The second-order valence-corrected chi connectivity index (χ2v) is 5.70. The Morgan fingerprint density at radius 1 is 1.17 bits per heavy atom. The first-order chi connectivity index (χ1) is 11.5. The normalized spacial score (nSPS) is 10.5. The van der Waals surface area contributed by atoms with Gasteiger partial charge in [-0.2, -0.15) is 8.78 Å². The van der Waals surface area contributed by atoms with Gasteiger partial charge in [0.25, 0.3) is 5.91 Å². The number of ether oxygens (including phenoxy) is 2. The molecule has 2 aromatic rings. The van der Waals surface area contributed by atoms with Gasteiger partial charge in [0, 0.05) is 4.88 Å². The lowest BCUT2D eigenvalue weighted by atomic mass is 10.3. The molecule has 2 rings (SSSR count). The summed E-state index contributed by atoms with van der Waals surface area (Å²) < 4.78 is 33.7. The molecule has 0 aliphatic heterocycles. The molecular weight excluding hydrogens is 340 g/mol. The number of anilines is 1. The number of nitrogens with one attached hydrogen (secondary N) is 1.